The first-order valence-corrected chi connectivity index (χ1v) is 8.21. The van der Waals surface area contributed by atoms with Crippen molar-refractivity contribution in [3.63, 3.8) is 0 Å². The second-order valence-electron chi connectivity index (χ2n) is 5.45. The van der Waals surface area contributed by atoms with E-state index in [9.17, 15) is 9.59 Å². The van der Waals surface area contributed by atoms with E-state index in [1.807, 2.05) is 13.0 Å². The predicted octanol–water partition coefficient (Wildman–Crippen LogP) is 4.49. The van der Waals surface area contributed by atoms with Crippen molar-refractivity contribution < 1.29 is 9.59 Å². The summed E-state index contributed by atoms with van der Waals surface area (Å²) in [6, 6.07) is 12.0. The fourth-order valence-electron chi connectivity index (χ4n) is 2.23. The van der Waals surface area contributed by atoms with Gasteiger partial charge in [0.1, 0.15) is 0 Å². The van der Waals surface area contributed by atoms with Gasteiger partial charge in [0.15, 0.2) is 5.78 Å². The lowest BCUT2D eigenvalue weighted by atomic mass is 10.1. The summed E-state index contributed by atoms with van der Waals surface area (Å²) in [6.45, 7) is 3.52. The Bertz CT molecular complexity index is 762. The molecule has 2 N–H and O–H groups in total. The highest BCUT2D eigenvalue weighted by Crippen LogP contribution is 2.25. The fraction of sp³-hybridized carbons (Fsp3) is 0.222. The number of carbonyl (C=O) groups excluding carboxylic acids is 2. The van der Waals surface area contributed by atoms with Crippen molar-refractivity contribution in [3.8, 4) is 0 Å². The van der Waals surface area contributed by atoms with E-state index >= 15 is 0 Å². The van der Waals surface area contributed by atoms with Crippen LogP contribution < -0.4 is 10.6 Å². The Kier molecular flexibility index (Phi) is 6.37. The van der Waals surface area contributed by atoms with Crippen LogP contribution in [0.1, 0.15) is 35.8 Å². The summed E-state index contributed by atoms with van der Waals surface area (Å²) in [4.78, 5) is 23.4. The summed E-state index contributed by atoms with van der Waals surface area (Å²) < 4.78 is 0. The van der Waals surface area contributed by atoms with Gasteiger partial charge >= 0.3 is 0 Å². The van der Waals surface area contributed by atoms with Crippen LogP contribution in [-0.2, 0) is 4.79 Å². The number of ketones is 1. The normalized spacial score (nSPS) is 11.8. The molecule has 0 aliphatic carbocycles. The molecule has 0 bridgehead atoms. The van der Waals surface area contributed by atoms with Crippen molar-refractivity contribution >= 4 is 40.6 Å². The van der Waals surface area contributed by atoms with Crippen molar-refractivity contribution in [1.82, 2.24) is 5.32 Å². The number of amides is 1. The molecule has 0 spiro atoms. The van der Waals surface area contributed by atoms with E-state index in [0.29, 0.717) is 21.3 Å². The van der Waals surface area contributed by atoms with Crippen LogP contribution in [0, 0.1) is 0 Å². The molecular formula is C18H18Cl2N2O2. The third-order valence-electron chi connectivity index (χ3n) is 3.55. The van der Waals surface area contributed by atoms with Crippen molar-refractivity contribution in [2.75, 3.05) is 11.9 Å². The van der Waals surface area contributed by atoms with E-state index in [0.717, 1.165) is 5.56 Å². The van der Waals surface area contributed by atoms with Crippen LogP contribution >= 0.6 is 23.2 Å². The monoisotopic (exact) mass is 364 g/mol. The van der Waals surface area contributed by atoms with Crippen LogP contribution in [0.15, 0.2) is 42.5 Å². The SMILES string of the molecule is CC(=O)c1cccc(NC(=O)CN[C@@H](C)c2ccc(Cl)cc2Cl)c1. The summed E-state index contributed by atoms with van der Waals surface area (Å²) in [5.41, 5.74) is 2.01. The molecule has 2 aromatic carbocycles. The van der Waals surface area contributed by atoms with Gasteiger partial charge in [-0.15, -0.1) is 0 Å². The summed E-state index contributed by atoms with van der Waals surface area (Å²) in [5.74, 6) is -0.247. The number of rotatable bonds is 6. The number of benzene rings is 2. The summed E-state index contributed by atoms with van der Waals surface area (Å²) >= 11 is 12.0. The molecule has 0 aliphatic rings. The van der Waals surface area contributed by atoms with E-state index in [-0.39, 0.29) is 24.3 Å². The number of anilines is 1. The van der Waals surface area contributed by atoms with Crippen LogP contribution in [0.4, 0.5) is 5.69 Å². The number of Topliss-reactive ketones (excluding diaryl/α,β-unsaturated/α-hetero) is 1. The fourth-order valence-corrected chi connectivity index (χ4v) is 2.80. The van der Waals surface area contributed by atoms with E-state index in [1.165, 1.54) is 6.92 Å². The summed E-state index contributed by atoms with van der Waals surface area (Å²) in [6.07, 6.45) is 0. The topological polar surface area (TPSA) is 58.2 Å². The van der Waals surface area contributed by atoms with E-state index in [1.54, 1.807) is 36.4 Å². The van der Waals surface area contributed by atoms with Gasteiger partial charge in [0.05, 0.1) is 6.54 Å². The molecule has 2 rings (SSSR count). The van der Waals surface area contributed by atoms with Gasteiger partial charge < -0.3 is 10.6 Å². The minimum absolute atomic E-state index is 0.0461. The van der Waals surface area contributed by atoms with E-state index in [4.69, 9.17) is 23.2 Å². The molecule has 0 unspecified atom stereocenters. The first-order valence-electron chi connectivity index (χ1n) is 7.46. The van der Waals surface area contributed by atoms with Gasteiger partial charge in [0, 0.05) is 27.3 Å². The maximum atomic E-state index is 12.1. The highest BCUT2D eigenvalue weighted by Gasteiger charge is 2.12. The smallest absolute Gasteiger partial charge is 0.238 e. The molecule has 1 atom stereocenters. The molecule has 2 aromatic rings. The first-order chi connectivity index (χ1) is 11.4. The Morgan fingerprint density at radius 1 is 1.12 bits per heavy atom. The lowest BCUT2D eigenvalue weighted by molar-refractivity contribution is -0.115. The average Bonchev–Trinajstić information content (AvgIpc) is 2.53. The van der Waals surface area contributed by atoms with E-state index < -0.39 is 0 Å². The highest BCUT2D eigenvalue weighted by atomic mass is 35.5. The van der Waals surface area contributed by atoms with Gasteiger partial charge in [-0.05, 0) is 43.7 Å². The molecule has 0 aliphatic heterocycles. The second-order valence-corrected chi connectivity index (χ2v) is 6.30. The Labute approximate surface area is 151 Å². The molecule has 4 nitrogen and oxygen atoms in total. The van der Waals surface area contributed by atoms with Gasteiger partial charge in [0.2, 0.25) is 5.91 Å². The molecule has 1 amide bonds. The third kappa shape index (κ3) is 5.06. The van der Waals surface area contributed by atoms with Crippen LogP contribution in [0.2, 0.25) is 10.0 Å². The molecule has 0 radical (unpaired) electrons. The van der Waals surface area contributed by atoms with Gasteiger partial charge in [-0.1, -0.05) is 41.4 Å². The van der Waals surface area contributed by atoms with Gasteiger partial charge in [-0.25, -0.2) is 0 Å². The maximum absolute atomic E-state index is 12.1. The van der Waals surface area contributed by atoms with Gasteiger partial charge in [0.25, 0.3) is 0 Å². The summed E-state index contributed by atoms with van der Waals surface area (Å²) in [5, 5.41) is 6.99. The molecule has 0 aromatic heterocycles. The molecule has 126 valence electrons. The number of hydrogen-bond acceptors (Lipinski definition) is 3. The zero-order valence-electron chi connectivity index (χ0n) is 13.4. The minimum atomic E-state index is -0.201. The second kappa shape index (κ2) is 8.29. The Balaban J connectivity index is 1.93. The lowest BCUT2D eigenvalue weighted by Gasteiger charge is -2.16. The minimum Gasteiger partial charge on any atom is -0.325 e. The van der Waals surface area contributed by atoms with Crippen molar-refractivity contribution in [2.45, 2.75) is 19.9 Å². The maximum Gasteiger partial charge on any atom is 0.238 e. The number of carbonyl (C=O) groups is 2. The zero-order valence-corrected chi connectivity index (χ0v) is 14.9. The number of hydrogen-bond donors (Lipinski definition) is 2. The van der Waals surface area contributed by atoms with Crippen LogP contribution in [-0.4, -0.2) is 18.2 Å². The van der Waals surface area contributed by atoms with Crippen molar-refractivity contribution in [3.05, 3.63) is 63.6 Å². The molecule has 0 saturated carbocycles. The zero-order chi connectivity index (χ0) is 17.7. The first kappa shape index (κ1) is 18.5. The average molecular weight is 365 g/mol. The van der Waals surface area contributed by atoms with Gasteiger partial charge in [-0.3, -0.25) is 9.59 Å². The van der Waals surface area contributed by atoms with Crippen LogP contribution in [0.25, 0.3) is 0 Å². The molecule has 24 heavy (non-hydrogen) atoms. The predicted molar refractivity (Wildman–Crippen MR) is 98.0 cm³/mol. The Hall–Kier alpha value is -1.88. The molecule has 0 saturated heterocycles. The van der Waals surface area contributed by atoms with Crippen LogP contribution in [0.5, 0.6) is 0 Å². The van der Waals surface area contributed by atoms with Gasteiger partial charge in [-0.2, -0.15) is 0 Å². The van der Waals surface area contributed by atoms with Crippen LogP contribution in [0.3, 0.4) is 0 Å². The summed E-state index contributed by atoms with van der Waals surface area (Å²) in [7, 11) is 0. The highest BCUT2D eigenvalue weighted by molar-refractivity contribution is 6.35. The van der Waals surface area contributed by atoms with Crippen molar-refractivity contribution in [1.29, 1.82) is 0 Å². The quantitative estimate of drug-likeness (QED) is 0.742. The molecule has 0 fully saturated rings. The Morgan fingerprint density at radius 2 is 1.88 bits per heavy atom. The van der Waals surface area contributed by atoms with E-state index in [2.05, 4.69) is 10.6 Å². The third-order valence-corrected chi connectivity index (χ3v) is 4.11. The lowest BCUT2D eigenvalue weighted by Crippen LogP contribution is -2.30. The number of halogens is 2. The number of nitrogens with one attached hydrogen (secondary N) is 2. The Morgan fingerprint density at radius 3 is 2.54 bits per heavy atom. The largest absolute Gasteiger partial charge is 0.325 e. The molecular weight excluding hydrogens is 347 g/mol. The molecule has 0 heterocycles. The molecule has 6 heteroatoms. The van der Waals surface area contributed by atoms with Crippen molar-refractivity contribution in [2.24, 2.45) is 0 Å². The standard InChI is InChI=1S/C18H18Cl2N2O2/c1-11(16-7-6-14(19)9-17(16)20)21-10-18(24)22-15-5-3-4-13(8-15)12(2)23/h3-9,11,21H,10H2,1-2H3,(H,22,24)/t11-/m0/s1.